The lowest BCUT2D eigenvalue weighted by Gasteiger charge is -2.30. The summed E-state index contributed by atoms with van der Waals surface area (Å²) < 4.78 is 0. The Bertz CT molecular complexity index is 230. The van der Waals surface area contributed by atoms with Crippen molar-refractivity contribution in [3.63, 3.8) is 0 Å². The van der Waals surface area contributed by atoms with Crippen LogP contribution in [0.15, 0.2) is 0 Å². The molecule has 0 amide bonds. The van der Waals surface area contributed by atoms with Crippen molar-refractivity contribution >= 4 is 0 Å². The van der Waals surface area contributed by atoms with Gasteiger partial charge in [0.25, 0.3) is 0 Å². The molecule has 0 spiro atoms. The van der Waals surface area contributed by atoms with Crippen LogP contribution in [0.5, 0.6) is 0 Å². The molecule has 1 fully saturated rings. The number of hydrogen-bond donors (Lipinski definition) is 1. The molecule has 0 aliphatic heterocycles. The molecule has 0 saturated heterocycles. The first-order chi connectivity index (χ1) is 8.30. The van der Waals surface area contributed by atoms with E-state index >= 15 is 0 Å². The highest BCUT2D eigenvalue weighted by molar-refractivity contribution is 4.81. The van der Waals surface area contributed by atoms with E-state index in [4.69, 9.17) is 0 Å². The summed E-state index contributed by atoms with van der Waals surface area (Å²) in [6.45, 7) is 10.6. The molecule has 3 unspecified atom stereocenters. The minimum atomic E-state index is 0.492. The molecule has 108 valence electrons. The van der Waals surface area contributed by atoms with Gasteiger partial charge in [-0.15, -0.1) is 0 Å². The van der Waals surface area contributed by atoms with Gasteiger partial charge in [-0.25, -0.2) is 0 Å². The van der Waals surface area contributed by atoms with Crippen LogP contribution in [0.4, 0.5) is 0 Å². The fourth-order valence-corrected chi connectivity index (χ4v) is 2.89. The Morgan fingerprint density at radius 1 is 1.11 bits per heavy atom. The van der Waals surface area contributed by atoms with Crippen LogP contribution in [0, 0.1) is 11.3 Å². The van der Waals surface area contributed by atoms with E-state index in [-0.39, 0.29) is 0 Å². The molecule has 0 bridgehead atoms. The monoisotopic (exact) mass is 254 g/mol. The second-order valence-electron chi connectivity index (χ2n) is 7.49. The predicted molar refractivity (Wildman–Crippen MR) is 81.0 cm³/mol. The smallest absolute Gasteiger partial charge is 0.0186 e. The summed E-state index contributed by atoms with van der Waals surface area (Å²) in [7, 11) is 4.32. The highest BCUT2D eigenvalue weighted by Crippen LogP contribution is 2.36. The first-order valence-corrected chi connectivity index (χ1v) is 7.70. The second kappa shape index (κ2) is 6.91. The maximum absolute atomic E-state index is 3.77. The van der Waals surface area contributed by atoms with Gasteiger partial charge in [0.05, 0.1) is 0 Å². The fraction of sp³-hybridized carbons (Fsp3) is 1.00. The molecule has 0 aromatic rings. The van der Waals surface area contributed by atoms with E-state index in [0.717, 1.165) is 18.5 Å². The van der Waals surface area contributed by atoms with E-state index in [1.807, 2.05) is 0 Å². The van der Waals surface area contributed by atoms with Gasteiger partial charge in [-0.05, 0) is 58.0 Å². The summed E-state index contributed by atoms with van der Waals surface area (Å²) >= 11 is 0. The normalized spacial score (nSPS) is 28.2. The second-order valence-corrected chi connectivity index (χ2v) is 7.49. The molecule has 0 aromatic heterocycles. The van der Waals surface area contributed by atoms with Gasteiger partial charge in [0, 0.05) is 18.6 Å². The quantitative estimate of drug-likeness (QED) is 0.772. The standard InChI is InChI=1S/C16H34N2/c1-13(18(5)6)12-17-15-9-7-8-14(10-11-15)16(2,3)4/h13-15,17H,7-12H2,1-6H3. The van der Waals surface area contributed by atoms with Crippen molar-refractivity contribution in [2.75, 3.05) is 20.6 Å². The van der Waals surface area contributed by atoms with Crippen molar-refractivity contribution in [3.05, 3.63) is 0 Å². The van der Waals surface area contributed by atoms with Gasteiger partial charge in [-0.3, -0.25) is 0 Å². The Morgan fingerprint density at radius 2 is 1.78 bits per heavy atom. The Hall–Kier alpha value is -0.0800. The van der Waals surface area contributed by atoms with Crippen molar-refractivity contribution in [1.29, 1.82) is 0 Å². The molecular formula is C16H34N2. The lowest BCUT2D eigenvalue weighted by atomic mass is 9.76. The molecular weight excluding hydrogens is 220 g/mol. The summed E-state index contributed by atoms with van der Waals surface area (Å²) in [5.74, 6) is 0.913. The van der Waals surface area contributed by atoms with E-state index in [9.17, 15) is 0 Å². The molecule has 0 radical (unpaired) electrons. The Morgan fingerprint density at radius 3 is 2.33 bits per heavy atom. The molecule has 1 aliphatic rings. The van der Waals surface area contributed by atoms with Gasteiger partial charge < -0.3 is 10.2 Å². The maximum atomic E-state index is 3.77. The van der Waals surface area contributed by atoms with Gasteiger partial charge in [-0.1, -0.05) is 27.2 Å². The zero-order valence-electron chi connectivity index (χ0n) is 13.4. The molecule has 1 rings (SSSR count). The SMILES string of the molecule is CC(CNC1CCCC(C(C)(C)C)CC1)N(C)C. The molecule has 2 nitrogen and oxygen atoms in total. The van der Waals surface area contributed by atoms with E-state index in [0.29, 0.717) is 11.5 Å². The Kier molecular flexibility index (Phi) is 6.13. The van der Waals surface area contributed by atoms with Crippen LogP contribution >= 0.6 is 0 Å². The van der Waals surface area contributed by atoms with Crippen LogP contribution in [0.3, 0.4) is 0 Å². The Labute approximate surface area is 115 Å². The summed E-state index contributed by atoms with van der Waals surface area (Å²) in [5.41, 5.74) is 0.492. The fourth-order valence-electron chi connectivity index (χ4n) is 2.89. The van der Waals surface area contributed by atoms with Gasteiger partial charge in [0.2, 0.25) is 0 Å². The summed E-state index contributed by atoms with van der Waals surface area (Å²) in [5, 5.41) is 3.77. The van der Waals surface area contributed by atoms with Gasteiger partial charge >= 0.3 is 0 Å². The summed E-state index contributed by atoms with van der Waals surface area (Å²) in [6, 6.07) is 1.38. The largest absolute Gasteiger partial charge is 0.312 e. The number of nitrogens with zero attached hydrogens (tertiary/aromatic N) is 1. The van der Waals surface area contributed by atoms with Crippen molar-refractivity contribution in [2.45, 2.75) is 71.9 Å². The number of rotatable bonds is 4. The van der Waals surface area contributed by atoms with Gasteiger partial charge in [-0.2, -0.15) is 0 Å². The number of nitrogens with one attached hydrogen (secondary N) is 1. The number of likely N-dealkylation sites (N-methyl/N-ethyl adjacent to an activating group) is 1. The van der Waals surface area contributed by atoms with Crippen molar-refractivity contribution in [3.8, 4) is 0 Å². The third kappa shape index (κ3) is 5.27. The average molecular weight is 254 g/mol. The summed E-state index contributed by atoms with van der Waals surface area (Å²) in [4.78, 5) is 2.29. The molecule has 0 aromatic carbocycles. The first kappa shape index (κ1) is 16.0. The average Bonchev–Trinajstić information content (AvgIpc) is 2.50. The number of hydrogen-bond acceptors (Lipinski definition) is 2. The lowest BCUT2D eigenvalue weighted by Crippen LogP contribution is -2.40. The van der Waals surface area contributed by atoms with E-state index in [1.54, 1.807) is 0 Å². The maximum Gasteiger partial charge on any atom is 0.0186 e. The van der Waals surface area contributed by atoms with Crippen molar-refractivity contribution < 1.29 is 0 Å². The minimum Gasteiger partial charge on any atom is -0.312 e. The molecule has 1 N–H and O–H groups in total. The van der Waals surface area contributed by atoms with Crippen molar-refractivity contribution in [2.24, 2.45) is 11.3 Å². The highest BCUT2D eigenvalue weighted by Gasteiger charge is 2.27. The highest BCUT2D eigenvalue weighted by atomic mass is 15.1. The van der Waals surface area contributed by atoms with Gasteiger partial charge in [0.15, 0.2) is 0 Å². The molecule has 2 heteroatoms. The Balaban J connectivity index is 2.34. The van der Waals surface area contributed by atoms with Crippen LogP contribution < -0.4 is 5.32 Å². The predicted octanol–water partition coefficient (Wildman–Crippen LogP) is 3.52. The molecule has 1 aliphatic carbocycles. The van der Waals surface area contributed by atoms with Crippen LogP contribution in [0.1, 0.15) is 59.8 Å². The summed E-state index contributed by atoms with van der Waals surface area (Å²) in [6.07, 6.45) is 6.95. The van der Waals surface area contributed by atoms with Crippen LogP contribution in [0.2, 0.25) is 0 Å². The molecule has 1 saturated carbocycles. The topological polar surface area (TPSA) is 15.3 Å². The van der Waals surface area contributed by atoms with Crippen LogP contribution in [0.25, 0.3) is 0 Å². The minimum absolute atomic E-state index is 0.492. The zero-order chi connectivity index (χ0) is 13.8. The van der Waals surface area contributed by atoms with Crippen molar-refractivity contribution in [1.82, 2.24) is 10.2 Å². The third-order valence-electron chi connectivity index (χ3n) is 4.78. The first-order valence-electron chi connectivity index (χ1n) is 7.70. The molecule has 3 atom stereocenters. The van der Waals surface area contributed by atoms with Crippen LogP contribution in [-0.2, 0) is 0 Å². The van der Waals surface area contributed by atoms with Crippen LogP contribution in [-0.4, -0.2) is 37.6 Å². The molecule has 0 heterocycles. The molecule has 18 heavy (non-hydrogen) atoms. The van der Waals surface area contributed by atoms with E-state index in [2.05, 4.69) is 52.0 Å². The van der Waals surface area contributed by atoms with E-state index in [1.165, 1.54) is 32.1 Å². The zero-order valence-corrected chi connectivity index (χ0v) is 13.4. The van der Waals surface area contributed by atoms with Gasteiger partial charge in [0.1, 0.15) is 0 Å². The third-order valence-corrected chi connectivity index (χ3v) is 4.78. The lowest BCUT2D eigenvalue weighted by molar-refractivity contribution is 0.213. The van der Waals surface area contributed by atoms with E-state index < -0.39 is 0 Å².